The van der Waals surface area contributed by atoms with E-state index < -0.39 is 26.5 Å². The SMILES string of the molecule is CCCCCCCCCCCCCCCCCCCCCCCCCC(=O)OC(COC(=O)CCCCCCCCCCCCCCC)COP(=O)([O-])OCC[N+](C)(C)C. The number of hydrogen-bond donors (Lipinski definition) is 0. The number of esters is 2. The lowest BCUT2D eigenvalue weighted by Crippen LogP contribution is -2.37. The second-order valence-corrected chi connectivity index (χ2v) is 20.3. The van der Waals surface area contributed by atoms with Gasteiger partial charge in [-0.25, -0.2) is 0 Å². The second kappa shape index (κ2) is 43.3. The Morgan fingerprint density at radius 2 is 0.750 bits per heavy atom. The van der Waals surface area contributed by atoms with Crippen LogP contribution in [0.15, 0.2) is 0 Å². The number of phosphoric ester groups is 1. The van der Waals surface area contributed by atoms with Crippen molar-refractivity contribution in [3.63, 3.8) is 0 Å². The predicted molar refractivity (Wildman–Crippen MR) is 250 cm³/mol. The van der Waals surface area contributed by atoms with Gasteiger partial charge >= 0.3 is 11.9 Å². The molecule has 0 heterocycles. The van der Waals surface area contributed by atoms with Crippen molar-refractivity contribution in [2.45, 2.75) is 264 Å². The van der Waals surface area contributed by atoms with E-state index in [1.165, 1.54) is 193 Å². The van der Waals surface area contributed by atoms with Crippen LogP contribution in [-0.2, 0) is 32.7 Å². The number of likely N-dealkylation sites (N-methyl/N-ethyl adjacent to an activating group) is 1. The largest absolute Gasteiger partial charge is 0.756 e. The third kappa shape index (κ3) is 46.5. The van der Waals surface area contributed by atoms with E-state index in [-0.39, 0.29) is 32.0 Å². The maximum atomic E-state index is 12.7. The van der Waals surface area contributed by atoms with Gasteiger partial charge in [0.1, 0.15) is 19.8 Å². The molecule has 358 valence electrons. The summed E-state index contributed by atoms with van der Waals surface area (Å²) < 4.78 is 34.0. The number of rotatable bonds is 48. The van der Waals surface area contributed by atoms with E-state index >= 15 is 0 Å². The lowest BCUT2D eigenvalue weighted by Gasteiger charge is -2.28. The highest BCUT2D eigenvalue weighted by atomic mass is 31.2. The molecule has 60 heavy (non-hydrogen) atoms. The van der Waals surface area contributed by atoms with Crippen LogP contribution in [0.5, 0.6) is 0 Å². The number of hydrogen-bond acceptors (Lipinski definition) is 8. The number of quaternary nitrogens is 1. The van der Waals surface area contributed by atoms with Crippen LogP contribution < -0.4 is 4.89 Å². The molecule has 0 saturated heterocycles. The summed E-state index contributed by atoms with van der Waals surface area (Å²) in [4.78, 5) is 37.6. The first-order chi connectivity index (χ1) is 29.0. The van der Waals surface area contributed by atoms with Gasteiger partial charge in [-0.3, -0.25) is 14.2 Å². The Labute approximate surface area is 372 Å². The molecule has 0 N–H and O–H groups in total. The van der Waals surface area contributed by atoms with Crippen molar-refractivity contribution in [1.82, 2.24) is 0 Å². The van der Waals surface area contributed by atoms with E-state index in [9.17, 15) is 19.0 Å². The number of nitrogens with zero attached hydrogens (tertiary/aromatic N) is 1. The molecule has 0 aromatic heterocycles. The van der Waals surface area contributed by atoms with Crippen LogP contribution in [0.2, 0.25) is 0 Å². The van der Waals surface area contributed by atoms with Gasteiger partial charge in [0.25, 0.3) is 7.82 Å². The lowest BCUT2D eigenvalue weighted by molar-refractivity contribution is -0.870. The standard InChI is InChI=1S/C50H100NO8P/c1-6-8-10-12-14-16-18-20-21-22-23-24-25-26-27-28-29-31-33-35-37-39-41-43-50(53)59-48(47-58-60(54,55)57-45-44-51(3,4)5)46-56-49(52)42-40-38-36-34-32-30-19-17-15-13-11-9-7-2/h48H,6-47H2,1-5H3. The summed E-state index contributed by atoms with van der Waals surface area (Å²) in [6.07, 6.45) is 45.6. The summed E-state index contributed by atoms with van der Waals surface area (Å²) in [6.45, 7) is 4.28. The second-order valence-electron chi connectivity index (χ2n) is 18.9. The maximum Gasteiger partial charge on any atom is 0.306 e. The molecular formula is C50H100NO8P. The van der Waals surface area contributed by atoms with Gasteiger partial charge in [-0.15, -0.1) is 0 Å². The third-order valence-electron chi connectivity index (χ3n) is 11.6. The molecule has 0 rings (SSSR count). The molecule has 0 aromatic rings. The summed E-state index contributed by atoms with van der Waals surface area (Å²) in [5.74, 6) is -0.815. The Hall–Kier alpha value is -0.990. The molecule has 10 heteroatoms. The number of ether oxygens (including phenoxy) is 2. The highest BCUT2D eigenvalue weighted by Crippen LogP contribution is 2.38. The summed E-state index contributed by atoms with van der Waals surface area (Å²) in [6, 6.07) is 0. The molecule has 2 atom stereocenters. The molecule has 0 aromatic carbocycles. The fraction of sp³-hybridized carbons (Fsp3) is 0.960. The smallest absolute Gasteiger partial charge is 0.306 e. The van der Waals surface area contributed by atoms with Crippen LogP contribution in [0.3, 0.4) is 0 Å². The molecule has 0 aliphatic rings. The number of carbonyl (C=O) groups is 2. The van der Waals surface area contributed by atoms with Crippen molar-refractivity contribution < 1.29 is 42.1 Å². The van der Waals surface area contributed by atoms with E-state index in [4.69, 9.17) is 18.5 Å². The maximum absolute atomic E-state index is 12.7. The summed E-state index contributed by atoms with van der Waals surface area (Å²) in [5.41, 5.74) is 0. The first-order valence-corrected chi connectivity index (χ1v) is 27.2. The quantitative estimate of drug-likeness (QED) is 0.0257. The average Bonchev–Trinajstić information content (AvgIpc) is 3.20. The molecule has 0 amide bonds. The van der Waals surface area contributed by atoms with Crippen molar-refractivity contribution in [2.75, 3.05) is 47.5 Å². The molecule has 2 unspecified atom stereocenters. The van der Waals surface area contributed by atoms with Crippen LogP contribution in [0.1, 0.15) is 258 Å². The van der Waals surface area contributed by atoms with Crippen LogP contribution in [0.25, 0.3) is 0 Å². The predicted octanol–water partition coefficient (Wildman–Crippen LogP) is 14.5. The lowest BCUT2D eigenvalue weighted by atomic mass is 10.0. The number of unbranched alkanes of at least 4 members (excludes halogenated alkanes) is 34. The van der Waals surface area contributed by atoms with E-state index in [0.29, 0.717) is 17.4 Å². The van der Waals surface area contributed by atoms with Gasteiger partial charge in [0.05, 0.1) is 27.7 Å². The topological polar surface area (TPSA) is 111 Å². The van der Waals surface area contributed by atoms with Crippen LogP contribution in [-0.4, -0.2) is 70.0 Å². The van der Waals surface area contributed by atoms with Gasteiger partial charge in [-0.05, 0) is 12.8 Å². The molecule has 0 aliphatic carbocycles. The Morgan fingerprint density at radius 1 is 0.450 bits per heavy atom. The summed E-state index contributed by atoms with van der Waals surface area (Å²) >= 11 is 0. The Bertz CT molecular complexity index is 990. The summed E-state index contributed by atoms with van der Waals surface area (Å²) in [5, 5.41) is 0. The van der Waals surface area contributed by atoms with E-state index in [0.717, 1.165) is 32.1 Å². The van der Waals surface area contributed by atoms with Gasteiger partial charge in [-0.2, -0.15) is 0 Å². The fourth-order valence-corrected chi connectivity index (χ4v) is 8.33. The zero-order valence-electron chi connectivity index (χ0n) is 40.4. The first kappa shape index (κ1) is 59.0. The van der Waals surface area contributed by atoms with Crippen LogP contribution in [0, 0.1) is 0 Å². The van der Waals surface area contributed by atoms with Gasteiger partial charge < -0.3 is 27.9 Å². The number of phosphoric acid groups is 1. The molecule has 0 radical (unpaired) electrons. The van der Waals surface area contributed by atoms with Gasteiger partial charge in [-0.1, -0.05) is 232 Å². The highest BCUT2D eigenvalue weighted by Gasteiger charge is 2.21. The Morgan fingerprint density at radius 3 is 1.07 bits per heavy atom. The molecule has 0 saturated carbocycles. The van der Waals surface area contributed by atoms with Crippen molar-refractivity contribution in [2.24, 2.45) is 0 Å². The third-order valence-corrected chi connectivity index (χ3v) is 12.6. The van der Waals surface area contributed by atoms with Crippen molar-refractivity contribution in [3.05, 3.63) is 0 Å². The van der Waals surface area contributed by atoms with Crippen LogP contribution >= 0.6 is 7.82 Å². The fourth-order valence-electron chi connectivity index (χ4n) is 7.60. The molecule has 9 nitrogen and oxygen atoms in total. The average molecular weight is 874 g/mol. The minimum atomic E-state index is -4.62. The van der Waals surface area contributed by atoms with E-state index in [1.54, 1.807) is 0 Å². The molecule has 0 bridgehead atoms. The van der Waals surface area contributed by atoms with Gasteiger partial charge in [0, 0.05) is 12.8 Å². The number of carbonyl (C=O) groups excluding carboxylic acids is 2. The van der Waals surface area contributed by atoms with Crippen molar-refractivity contribution >= 4 is 19.8 Å². The Kier molecular flexibility index (Phi) is 42.6. The normalized spacial score (nSPS) is 13.4. The van der Waals surface area contributed by atoms with E-state index in [1.807, 2.05) is 21.1 Å². The van der Waals surface area contributed by atoms with Crippen molar-refractivity contribution in [1.29, 1.82) is 0 Å². The molecular weight excluding hydrogens is 774 g/mol. The zero-order chi connectivity index (χ0) is 44.3. The van der Waals surface area contributed by atoms with Gasteiger partial charge in [0.2, 0.25) is 0 Å². The molecule has 0 aliphatic heterocycles. The minimum Gasteiger partial charge on any atom is -0.756 e. The minimum absolute atomic E-state index is 0.0254. The first-order valence-electron chi connectivity index (χ1n) is 25.7. The molecule has 0 spiro atoms. The Balaban J connectivity index is 4.14. The highest BCUT2D eigenvalue weighted by molar-refractivity contribution is 7.45. The zero-order valence-corrected chi connectivity index (χ0v) is 41.3. The van der Waals surface area contributed by atoms with Crippen molar-refractivity contribution in [3.8, 4) is 0 Å². The molecule has 0 fully saturated rings. The van der Waals surface area contributed by atoms with Gasteiger partial charge in [0.15, 0.2) is 6.10 Å². The monoisotopic (exact) mass is 874 g/mol. The van der Waals surface area contributed by atoms with Crippen LogP contribution in [0.4, 0.5) is 0 Å². The summed E-state index contributed by atoms with van der Waals surface area (Å²) in [7, 11) is 1.19. The van der Waals surface area contributed by atoms with E-state index in [2.05, 4.69) is 13.8 Å².